The van der Waals surface area contributed by atoms with Crippen molar-refractivity contribution in [3.05, 3.63) is 53.3 Å². The smallest absolute Gasteiger partial charge is 0.240 e. The van der Waals surface area contributed by atoms with Crippen LogP contribution in [0.25, 0.3) is 0 Å². The lowest BCUT2D eigenvalue weighted by molar-refractivity contribution is 0.174. The topological polar surface area (TPSA) is 64.6 Å². The zero-order chi connectivity index (χ0) is 16.4. The van der Waals surface area contributed by atoms with Crippen LogP contribution >= 0.6 is 0 Å². The van der Waals surface area contributed by atoms with Crippen molar-refractivity contribution in [1.82, 2.24) is 4.72 Å². The predicted molar refractivity (Wildman–Crippen MR) is 82.6 cm³/mol. The Kier molecular flexibility index (Phi) is 4.23. The quantitative estimate of drug-likeness (QED) is 0.910. The second-order valence-corrected chi connectivity index (χ2v) is 7.01. The van der Waals surface area contributed by atoms with Crippen LogP contribution in [0.2, 0.25) is 0 Å². The molecule has 0 unspecified atom stereocenters. The molecule has 1 aliphatic rings. The fourth-order valence-electron chi connectivity index (χ4n) is 2.32. The number of halogens is 1. The number of hydrogen-bond acceptors (Lipinski definition) is 4. The average molecular weight is 337 g/mol. The van der Waals surface area contributed by atoms with Crippen LogP contribution < -0.4 is 14.2 Å². The van der Waals surface area contributed by atoms with Crippen LogP contribution in [-0.2, 0) is 16.4 Å². The summed E-state index contributed by atoms with van der Waals surface area (Å²) in [5, 5.41) is 0. The van der Waals surface area contributed by atoms with Gasteiger partial charge in [0.05, 0.1) is 4.90 Å². The fourth-order valence-corrected chi connectivity index (χ4v) is 3.37. The highest BCUT2D eigenvalue weighted by molar-refractivity contribution is 7.89. The van der Waals surface area contributed by atoms with Crippen molar-refractivity contribution in [2.75, 3.05) is 13.3 Å². The molecular weight excluding hydrogens is 321 g/mol. The van der Waals surface area contributed by atoms with E-state index in [2.05, 4.69) is 4.72 Å². The maximum absolute atomic E-state index is 13.2. The monoisotopic (exact) mass is 337 g/mol. The summed E-state index contributed by atoms with van der Waals surface area (Å²) in [6, 6.07) is 9.23. The zero-order valence-corrected chi connectivity index (χ0v) is 13.3. The lowest BCUT2D eigenvalue weighted by Gasteiger charge is -2.08. The van der Waals surface area contributed by atoms with E-state index in [0.29, 0.717) is 23.5 Å². The molecule has 1 aliphatic heterocycles. The molecule has 0 radical (unpaired) electrons. The Hall–Kier alpha value is -2.12. The van der Waals surface area contributed by atoms with Gasteiger partial charge in [0.25, 0.3) is 0 Å². The number of nitrogens with one attached hydrogen (secondary N) is 1. The molecule has 0 aliphatic carbocycles. The van der Waals surface area contributed by atoms with Crippen molar-refractivity contribution >= 4 is 10.0 Å². The Morgan fingerprint density at radius 1 is 1.13 bits per heavy atom. The predicted octanol–water partition coefficient (Wildman–Crippen LogP) is 2.38. The van der Waals surface area contributed by atoms with Gasteiger partial charge in [0, 0.05) is 12.6 Å². The van der Waals surface area contributed by atoms with E-state index in [0.717, 1.165) is 5.56 Å². The summed E-state index contributed by atoms with van der Waals surface area (Å²) in [7, 11) is -3.63. The first-order valence-electron chi connectivity index (χ1n) is 7.10. The molecule has 2 aromatic rings. The van der Waals surface area contributed by atoms with Gasteiger partial charge in [-0.25, -0.2) is 17.5 Å². The molecule has 0 spiro atoms. The van der Waals surface area contributed by atoms with E-state index in [4.69, 9.17) is 9.47 Å². The third-order valence-electron chi connectivity index (χ3n) is 3.58. The largest absolute Gasteiger partial charge is 0.454 e. The summed E-state index contributed by atoms with van der Waals surface area (Å²) in [5.74, 6) is 0.683. The maximum atomic E-state index is 13.2. The summed E-state index contributed by atoms with van der Waals surface area (Å²) in [6.07, 6.45) is 0.477. The second-order valence-electron chi connectivity index (χ2n) is 5.25. The third kappa shape index (κ3) is 3.46. The van der Waals surface area contributed by atoms with E-state index in [-0.39, 0.29) is 24.1 Å². The Morgan fingerprint density at radius 3 is 2.70 bits per heavy atom. The third-order valence-corrected chi connectivity index (χ3v) is 5.04. The molecule has 7 heteroatoms. The molecule has 3 rings (SSSR count). The molecule has 1 N–H and O–H groups in total. The zero-order valence-electron chi connectivity index (χ0n) is 12.5. The standard InChI is InChI=1S/C16H16FNO4S/c1-11-8-12(2-4-14(11)17)6-7-18-23(19,20)13-3-5-15-16(9-13)22-10-21-15/h2-5,8-9,18H,6-7,10H2,1H3. The van der Waals surface area contributed by atoms with Gasteiger partial charge in [0.2, 0.25) is 16.8 Å². The number of rotatable bonds is 5. The first-order chi connectivity index (χ1) is 11.0. The highest BCUT2D eigenvalue weighted by Crippen LogP contribution is 2.33. The fraction of sp³-hybridized carbons (Fsp3) is 0.250. The number of hydrogen-bond donors (Lipinski definition) is 1. The van der Waals surface area contributed by atoms with Gasteiger partial charge in [-0.1, -0.05) is 12.1 Å². The molecule has 0 aromatic heterocycles. The first kappa shape index (κ1) is 15.8. The van der Waals surface area contributed by atoms with Crippen molar-refractivity contribution in [2.24, 2.45) is 0 Å². The van der Waals surface area contributed by atoms with Crippen molar-refractivity contribution in [3.63, 3.8) is 0 Å². The van der Waals surface area contributed by atoms with Gasteiger partial charge in [-0.2, -0.15) is 0 Å². The summed E-state index contributed by atoms with van der Waals surface area (Å²) in [5.41, 5.74) is 1.42. The van der Waals surface area contributed by atoms with E-state index in [1.165, 1.54) is 18.2 Å². The number of aryl methyl sites for hydroxylation is 1. The van der Waals surface area contributed by atoms with Crippen LogP contribution in [0.3, 0.4) is 0 Å². The van der Waals surface area contributed by atoms with Crippen LogP contribution in [0.1, 0.15) is 11.1 Å². The van der Waals surface area contributed by atoms with E-state index in [1.807, 2.05) is 0 Å². The van der Waals surface area contributed by atoms with Crippen LogP contribution in [-0.4, -0.2) is 21.8 Å². The van der Waals surface area contributed by atoms with Crippen molar-refractivity contribution in [3.8, 4) is 11.5 Å². The van der Waals surface area contributed by atoms with Crippen molar-refractivity contribution < 1.29 is 22.3 Å². The Balaban J connectivity index is 1.66. The minimum Gasteiger partial charge on any atom is -0.454 e. The first-order valence-corrected chi connectivity index (χ1v) is 8.58. The summed E-state index contributed by atoms with van der Waals surface area (Å²) < 4.78 is 50.6. The van der Waals surface area contributed by atoms with Crippen molar-refractivity contribution in [2.45, 2.75) is 18.2 Å². The number of ether oxygens (including phenoxy) is 2. The Morgan fingerprint density at radius 2 is 1.91 bits per heavy atom. The van der Waals surface area contributed by atoms with E-state index in [1.54, 1.807) is 25.1 Å². The average Bonchev–Trinajstić information content (AvgIpc) is 2.98. The second kappa shape index (κ2) is 6.17. The normalized spacial score (nSPS) is 13.3. The Labute approximate surface area is 134 Å². The lowest BCUT2D eigenvalue weighted by Crippen LogP contribution is -2.26. The number of sulfonamides is 1. The van der Waals surface area contributed by atoms with Gasteiger partial charge >= 0.3 is 0 Å². The molecule has 1 heterocycles. The molecule has 0 amide bonds. The van der Waals surface area contributed by atoms with Gasteiger partial charge in [-0.05, 0) is 42.7 Å². The Bertz CT molecular complexity index is 836. The van der Waals surface area contributed by atoms with Gasteiger partial charge < -0.3 is 9.47 Å². The van der Waals surface area contributed by atoms with E-state index < -0.39 is 10.0 Å². The van der Waals surface area contributed by atoms with Gasteiger partial charge in [-0.15, -0.1) is 0 Å². The molecule has 0 fully saturated rings. The molecule has 2 aromatic carbocycles. The van der Waals surface area contributed by atoms with Gasteiger partial charge in [0.1, 0.15) is 5.82 Å². The highest BCUT2D eigenvalue weighted by atomic mass is 32.2. The van der Waals surface area contributed by atoms with E-state index >= 15 is 0 Å². The summed E-state index contributed by atoms with van der Waals surface area (Å²) in [6.45, 7) is 1.99. The van der Waals surface area contributed by atoms with Gasteiger partial charge in [0.15, 0.2) is 11.5 Å². The van der Waals surface area contributed by atoms with Crippen LogP contribution in [0.15, 0.2) is 41.3 Å². The molecule has 0 saturated heterocycles. The SMILES string of the molecule is Cc1cc(CCNS(=O)(=O)c2ccc3c(c2)OCO3)ccc1F. The minimum atomic E-state index is -3.63. The molecule has 122 valence electrons. The molecule has 5 nitrogen and oxygen atoms in total. The highest BCUT2D eigenvalue weighted by Gasteiger charge is 2.19. The molecule has 0 atom stereocenters. The summed E-state index contributed by atoms with van der Waals surface area (Å²) >= 11 is 0. The minimum absolute atomic E-state index is 0.0934. The maximum Gasteiger partial charge on any atom is 0.240 e. The molecular formula is C16H16FNO4S. The van der Waals surface area contributed by atoms with Gasteiger partial charge in [-0.3, -0.25) is 0 Å². The summed E-state index contributed by atoms with van der Waals surface area (Å²) in [4.78, 5) is 0.122. The van der Waals surface area contributed by atoms with E-state index in [9.17, 15) is 12.8 Å². The number of fused-ring (bicyclic) bond motifs is 1. The van der Waals surface area contributed by atoms with Crippen LogP contribution in [0.5, 0.6) is 11.5 Å². The lowest BCUT2D eigenvalue weighted by atomic mass is 10.1. The van der Waals surface area contributed by atoms with Crippen LogP contribution in [0.4, 0.5) is 4.39 Å². The van der Waals surface area contributed by atoms with Crippen LogP contribution in [0, 0.1) is 12.7 Å². The van der Waals surface area contributed by atoms with Crippen molar-refractivity contribution in [1.29, 1.82) is 0 Å². The number of benzene rings is 2. The molecule has 23 heavy (non-hydrogen) atoms. The molecule has 0 bridgehead atoms. The molecule has 0 saturated carbocycles.